The molecule has 0 saturated heterocycles. The van der Waals surface area contributed by atoms with E-state index in [9.17, 15) is 0 Å². The van der Waals surface area contributed by atoms with Crippen LogP contribution in [0.25, 0.3) is 0 Å². The molecule has 0 spiro atoms. The van der Waals surface area contributed by atoms with E-state index in [1.54, 1.807) is 11.3 Å². The van der Waals surface area contributed by atoms with Crippen LogP contribution in [0.4, 0.5) is 5.13 Å². The van der Waals surface area contributed by atoms with Gasteiger partial charge >= 0.3 is 0 Å². The summed E-state index contributed by atoms with van der Waals surface area (Å²) in [5, 5.41) is 4.40. The van der Waals surface area contributed by atoms with Gasteiger partial charge in [0.05, 0.1) is 22.8 Å². The average molecular weight is 274 g/mol. The van der Waals surface area contributed by atoms with Crippen molar-refractivity contribution in [3.8, 4) is 0 Å². The van der Waals surface area contributed by atoms with E-state index in [4.69, 9.17) is 9.72 Å². The quantitative estimate of drug-likeness (QED) is 0.925. The van der Waals surface area contributed by atoms with Gasteiger partial charge in [0.15, 0.2) is 5.13 Å². The fourth-order valence-corrected chi connectivity index (χ4v) is 3.38. The molecule has 2 unspecified atom stereocenters. The Kier molecular flexibility index (Phi) is 3.53. The minimum Gasteiger partial charge on any atom is -0.370 e. The second-order valence-corrected chi connectivity index (χ2v) is 5.99. The van der Waals surface area contributed by atoms with Crippen molar-refractivity contribution in [3.63, 3.8) is 0 Å². The summed E-state index contributed by atoms with van der Waals surface area (Å²) >= 11 is 1.72. The summed E-state index contributed by atoms with van der Waals surface area (Å²) in [6.07, 6.45) is 1.36. The molecule has 2 atom stereocenters. The standard InChI is InChI=1S/C15H18N2OS/c1-10-8-13-14(11(2)18-10)19-15(17-13)16-9-12-6-4-3-5-7-12/h3-7,10-11H,8-9H2,1-2H3,(H,16,17). The molecule has 1 aromatic carbocycles. The van der Waals surface area contributed by atoms with Gasteiger partial charge in [0, 0.05) is 13.0 Å². The third kappa shape index (κ3) is 2.80. The van der Waals surface area contributed by atoms with Crippen LogP contribution >= 0.6 is 11.3 Å². The third-order valence-corrected chi connectivity index (χ3v) is 4.52. The molecule has 1 aliphatic rings. The molecule has 2 aromatic rings. The van der Waals surface area contributed by atoms with Gasteiger partial charge in [0.25, 0.3) is 0 Å². The lowest BCUT2D eigenvalue weighted by atomic mass is 10.1. The Morgan fingerprint density at radius 2 is 2.11 bits per heavy atom. The van der Waals surface area contributed by atoms with Crippen LogP contribution in [0.5, 0.6) is 0 Å². The van der Waals surface area contributed by atoms with Crippen molar-refractivity contribution in [1.29, 1.82) is 0 Å². The van der Waals surface area contributed by atoms with Gasteiger partial charge in [-0.3, -0.25) is 0 Å². The zero-order valence-corrected chi connectivity index (χ0v) is 12.0. The van der Waals surface area contributed by atoms with Gasteiger partial charge in [-0.05, 0) is 19.4 Å². The van der Waals surface area contributed by atoms with Gasteiger partial charge in [-0.15, -0.1) is 0 Å². The molecule has 1 aromatic heterocycles. The van der Waals surface area contributed by atoms with E-state index in [1.165, 1.54) is 16.1 Å². The second-order valence-electron chi connectivity index (χ2n) is 4.96. The minimum atomic E-state index is 0.170. The largest absolute Gasteiger partial charge is 0.370 e. The Morgan fingerprint density at radius 3 is 2.89 bits per heavy atom. The van der Waals surface area contributed by atoms with Gasteiger partial charge in [-0.1, -0.05) is 41.7 Å². The number of ether oxygens (including phenoxy) is 1. The Bertz CT molecular complexity index is 553. The summed E-state index contributed by atoms with van der Waals surface area (Å²) in [4.78, 5) is 5.97. The van der Waals surface area contributed by atoms with Crippen molar-refractivity contribution < 1.29 is 4.74 Å². The minimum absolute atomic E-state index is 0.170. The molecular formula is C15H18N2OS. The van der Waals surface area contributed by atoms with Crippen LogP contribution in [0.15, 0.2) is 30.3 Å². The van der Waals surface area contributed by atoms with Crippen molar-refractivity contribution in [2.24, 2.45) is 0 Å². The van der Waals surface area contributed by atoms with Crippen LogP contribution in [0.2, 0.25) is 0 Å². The van der Waals surface area contributed by atoms with Crippen LogP contribution in [0.1, 0.15) is 36.1 Å². The first kappa shape index (κ1) is 12.6. The molecule has 0 amide bonds. The van der Waals surface area contributed by atoms with Crippen LogP contribution in [-0.2, 0) is 17.7 Å². The number of anilines is 1. The van der Waals surface area contributed by atoms with Crippen LogP contribution in [0.3, 0.4) is 0 Å². The second kappa shape index (κ2) is 5.31. The summed E-state index contributed by atoms with van der Waals surface area (Å²) in [6, 6.07) is 10.4. The van der Waals surface area contributed by atoms with Crippen molar-refractivity contribution in [3.05, 3.63) is 46.5 Å². The van der Waals surface area contributed by atoms with E-state index in [0.29, 0.717) is 0 Å². The van der Waals surface area contributed by atoms with Crippen LogP contribution in [-0.4, -0.2) is 11.1 Å². The number of nitrogens with zero attached hydrogens (tertiary/aromatic N) is 1. The molecule has 0 saturated carbocycles. The van der Waals surface area contributed by atoms with Gasteiger partial charge in [0.1, 0.15) is 0 Å². The SMILES string of the molecule is CC1Cc2nc(NCc3ccccc3)sc2C(C)O1. The molecule has 3 nitrogen and oxygen atoms in total. The van der Waals surface area contributed by atoms with E-state index >= 15 is 0 Å². The number of nitrogens with one attached hydrogen (secondary N) is 1. The summed E-state index contributed by atoms with van der Waals surface area (Å²) < 4.78 is 5.83. The predicted molar refractivity (Wildman–Crippen MR) is 78.5 cm³/mol. The van der Waals surface area contributed by atoms with Gasteiger partial charge in [0.2, 0.25) is 0 Å². The van der Waals surface area contributed by atoms with E-state index in [1.807, 2.05) is 6.07 Å². The maximum absolute atomic E-state index is 5.83. The molecule has 0 bridgehead atoms. The fraction of sp³-hybridized carbons (Fsp3) is 0.400. The van der Waals surface area contributed by atoms with Gasteiger partial charge in [-0.2, -0.15) is 0 Å². The maximum atomic E-state index is 5.83. The van der Waals surface area contributed by atoms with Crippen molar-refractivity contribution in [1.82, 2.24) is 4.98 Å². The predicted octanol–water partition coefficient (Wildman–Crippen LogP) is 3.78. The van der Waals surface area contributed by atoms with Crippen molar-refractivity contribution >= 4 is 16.5 Å². The van der Waals surface area contributed by atoms with E-state index in [0.717, 1.165) is 18.1 Å². The van der Waals surface area contributed by atoms with Crippen LogP contribution in [0, 0.1) is 0 Å². The molecule has 1 N–H and O–H groups in total. The first-order valence-electron chi connectivity index (χ1n) is 6.65. The molecule has 3 rings (SSSR count). The smallest absolute Gasteiger partial charge is 0.183 e. The van der Waals surface area contributed by atoms with Crippen LogP contribution < -0.4 is 5.32 Å². The lowest BCUT2D eigenvalue weighted by Crippen LogP contribution is -2.20. The molecule has 2 heterocycles. The lowest BCUT2D eigenvalue weighted by Gasteiger charge is -2.23. The van der Waals surface area contributed by atoms with E-state index < -0.39 is 0 Å². The first-order valence-corrected chi connectivity index (χ1v) is 7.47. The number of aromatic nitrogens is 1. The highest BCUT2D eigenvalue weighted by Crippen LogP contribution is 2.36. The number of hydrogen-bond donors (Lipinski definition) is 1. The van der Waals surface area contributed by atoms with Crippen molar-refractivity contribution in [2.75, 3.05) is 5.32 Å². The highest BCUT2D eigenvalue weighted by molar-refractivity contribution is 7.15. The maximum Gasteiger partial charge on any atom is 0.183 e. The fourth-order valence-electron chi connectivity index (χ4n) is 2.41. The Labute approximate surface area is 117 Å². The molecular weight excluding hydrogens is 256 g/mol. The number of benzene rings is 1. The third-order valence-electron chi connectivity index (χ3n) is 3.30. The van der Waals surface area contributed by atoms with Crippen molar-refractivity contribution in [2.45, 2.75) is 39.0 Å². The highest BCUT2D eigenvalue weighted by Gasteiger charge is 2.25. The first-order chi connectivity index (χ1) is 9.22. The molecule has 19 heavy (non-hydrogen) atoms. The number of hydrogen-bond acceptors (Lipinski definition) is 4. The number of rotatable bonds is 3. The number of thiazole rings is 1. The van der Waals surface area contributed by atoms with E-state index in [2.05, 4.69) is 43.4 Å². The molecule has 1 aliphatic heterocycles. The molecule has 100 valence electrons. The molecule has 0 radical (unpaired) electrons. The molecule has 0 fully saturated rings. The summed E-state index contributed by atoms with van der Waals surface area (Å²) in [6.45, 7) is 5.03. The zero-order valence-electron chi connectivity index (χ0n) is 11.2. The summed E-state index contributed by atoms with van der Waals surface area (Å²) in [7, 11) is 0. The molecule has 4 heteroatoms. The summed E-state index contributed by atoms with van der Waals surface area (Å²) in [5.74, 6) is 0. The Hall–Kier alpha value is -1.39. The highest BCUT2D eigenvalue weighted by atomic mass is 32.1. The monoisotopic (exact) mass is 274 g/mol. The normalized spacial score (nSPS) is 22.0. The zero-order chi connectivity index (χ0) is 13.2. The number of fused-ring (bicyclic) bond motifs is 1. The summed E-state index contributed by atoms with van der Waals surface area (Å²) in [5.41, 5.74) is 2.47. The topological polar surface area (TPSA) is 34.2 Å². The van der Waals surface area contributed by atoms with E-state index in [-0.39, 0.29) is 12.2 Å². The molecule has 0 aliphatic carbocycles. The lowest BCUT2D eigenvalue weighted by molar-refractivity contribution is -0.00316. The van der Waals surface area contributed by atoms with Gasteiger partial charge < -0.3 is 10.1 Å². The average Bonchev–Trinajstić information content (AvgIpc) is 2.81. The Morgan fingerprint density at radius 1 is 1.32 bits per heavy atom. The van der Waals surface area contributed by atoms with Gasteiger partial charge in [-0.25, -0.2) is 4.98 Å². The Balaban J connectivity index is 1.71.